The Kier molecular flexibility index (Phi) is 8.19. The fourth-order valence-corrected chi connectivity index (χ4v) is 4.23. The average molecular weight is 486 g/mol. The normalized spacial score (nSPS) is 10.5. The minimum Gasteiger partial charge on any atom is -0.352 e. The lowest BCUT2D eigenvalue weighted by molar-refractivity contribution is -0.121. The second-order valence-corrected chi connectivity index (χ2v) is 8.99. The summed E-state index contributed by atoms with van der Waals surface area (Å²) in [4.78, 5) is 36.1. The van der Waals surface area contributed by atoms with Gasteiger partial charge in [-0.3, -0.25) is 14.6 Å². The number of pyridine rings is 1. The SMILES string of the molecule is Cc1cccc(Nc2nc(C(=O)N(CCC(=O)NCc3cccnc3)Cc3ccccc3)cs2)c1. The van der Waals surface area contributed by atoms with Crippen molar-refractivity contribution in [2.24, 2.45) is 0 Å². The molecule has 0 saturated heterocycles. The minimum atomic E-state index is -0.206. The predicted molar refractivity (Wildman–Crippen MR) is 138 cm³/mol. The number of rotatable bonds is 10. The van der Waals surface area contributed by atoms with Crippen molar-refractivity contribution in [1.29, 1.82) is 0 Å². The minimum absolute atomic E-state index is 0.125. The Balaban J connectivity index is 1.41. The summed E-state index contributed by atoms with van der Waals surface area (Å²) < 4.78 is 0. The van der Waals surface area contributed by atoms with Crippen LogP contribution < -0.4 is 10.6 Å². The van der Waals surface area contributed by atoms with Crippen LogP contribution >= 0.6 is 11.3 Å². The second kappa shape index (κ2) is 11.9. The third-order valence-corrected chi connectivity index (χ3v) is 6.08. The maximum Gasteiger partial charge on any atom is 0.273 e. The van der Waals surface area contributed by atoms with E-state index in [0.717, 1.165) is 22.4 Å². The summed E-state index contributed by atoms with van der Waals surface area (Å²) in [7, 11) is 0. The van der Waals surface area contributed by atoms with Gasteiger partial charge in [-0.05, 0) is 41.8 Å². The number of anilines is 2. The van der Waals surface area contributed by atoms with Gasteiger partial charge in [-0.2, -0.15) is 0 Å². The van der Waals surface area contributed by atoms with Crippen molar-refractivity contribution in [2.75, 3.05) is 11.9 Å². The van der Waals surface area contributed by atoms with E-state index < -0.39 is 0 Å². The second-order valence-electron chi connectivity index (χ2n) is 8.13. The Morgan fingerprint density at radius 1 is 1.00 bits per heavy atom. The van der Waals surface area contributed by atoms with Crippen LogP contribution in [-0.4, -0.2) is 33.2 Å². The number of amides is 2. The van der Waals surface area contributed by atoms with E-state index in [2.05, 4.69) is 20.6 Å². The van der Waals surface area contributed by atoms with E-state index in [1.165, 1.54) is 11.3 Å². The molecule has 2 aromatic carbocycles. The standard InChI is InChI=1S/C27H27N5O2S/c1-20-7-5-11-23(15-20)30-27-31-24(19-35-27)26(34)32(18-21-8-3-2-4-9-21)14-12-25(33)29-17-22-10-6-13-28-16-22/h2-11,13,15-16,19H,12,14,17-18H2,1H3,(H,29,33)(H,30,31). The van der Waals surface area contributed by atoms with Crippen molar-refractivity contribution in [3.8, 4) is 0 Å². The Hall–Kier alpha value is -4.04. The number of aromatic nitrogens is 2. The number of aryl methyl sites for hydroxylation is 1. The highest BCUT2D eigenvalue weighted by molar-refractivity contribution is 7.14. The van der Waals surface area contributed by atoms with Gasteiger partial charge in [0.2, 0.25) is 5.91 Å². The van der Waals surface area contributed by atoms with Crippen molar-refractivity contribution in [1.82, 2.24) is 20.2 Å². The fraction of sp³-hybridized carbons (Fsp3) is 0.185. The van der Waals surface area contributed by atoms with Crippen molar-refractivity contribution < 1.29 is 9.59 Å². The van der Waals surface area contributed by atoms with E-state index in [-0.39, 0.29) is 24.8 Å². The zero-order valence-corrected chi connectivity index (χ0v) is 20.3. The molecule has 178 valence electrons. The van der Waals surface area contributed by atoms with E-state index in [9.17, 15) is 9.59 Å². The van der Waals surface area contributed by atoms with Crippen LogP contribution in [0.15, 0.2) is 84.5 Å². The Bertz CT molecular complexity index is 1260. The maximum absolute atomic E-state index is 13.4. The zero-order chi connectivity index (χ0) is 24.5. The molecule has 2 N–H and O–H groups in total. The van der Waals surface area contributed by atoms with Gasteiger partial charge in [-0.1, -0.05) is 48.5 Å². The molecule has 0 saturated carbocycles. The molecule has 0 unspecified atom stereocenters. The maximum atomic E-state index is 13.4. The van der Waals surface area contributed by atoms with Crippen LogP contribution in [0.5, 0.6) is 0 Å². The highest BCUT2D eigenvalue weighted by Crippen LogP contribution is 2.23. The number of nitrogens with zero attached hydrogens (tertiary/aromatic N) is 3. The summed E-state index contributed by atoms with van der Waals surface area (Å²) in [6.07, 6.45) is 3.60. The van der Waals surface area contributed by atoms with Gasteiger partial charge in [-0.15, -0.1) is 11.3 Å². The number of nitrogens with one attached hydrogen (secondary N) is 2. The highest BCUT2D eigenvalue weighted by atomic mass is 32.1. The first-order valence-corrected chi connectivity index (χ1v) is 12.2. The Labute approximate surface area is 208 Å². The molecule has 0 fully saturated rings. The predicted octanol–water partition coefficient (Wildman–Crippen LogP) is 4.94. The van der Waals surface area contributed by atoms with Crippen molar-refractivity contribution >= 4 is 34.0 Å². The van der Waals surface area contributed by atoms with E-state index in [4.69, 9.17) is 0 Å². The number of carbonyl (C=O) groups excluding carboxylic acids is 2. The quantitative estimate of drug-likeness (QED) is 0.332. The van der Waals surface area contributed by atoms with Gasteiger partial charge in [0.15, 0.2) is 5.13 Å². The van der Waals surface area contributed by atoms with Crippen LogP contribution in [0.2, 0.25) is 0 Å². The van der Waals surface area contributed by atoms with Crippen molar-refractivity contribution in [2.45, 2.75) is 26.4 Å². The molecule has 35 heavy (non-hydrogen) atoms. The van der Waals surface area contributed by atoms with Gasteiger partial charge in [0.1, 0.15) is 5.69 Å². The molecule has 4 rings (SSSR count). The van der Waals surface area contributed by atoms with Crippen LogP contribution in [0, 0.1) is 6.92 Å². The first-order chi connectivity index (χ1) is 17.1. The first kappa shape index (κ1) is 24.1. The highest BCUT2D eigenvalue weighted by Gasteiger charge is 2.20. The van der Waals surface area contributed by atoms with Crippen LogP contribution in [0.25, 0.3) is 0 Å². The molecular formula is C27H27N5O2S. The first-order valence-electron chi connectivity index (χ1n) is 11.3. The molecule has 2 heterocycles. The lowest BCUT2D eigenvalue weighted by Gasteiger charge is -2.22. The molecule has 0 bridgehead atoms. The van der Waals surface area contributed by atoms with E-state index >= 15 is 0 Å². The van der Waals surface area contributed by atoms with Crippen molar-refractivity contribution in [3.05, 3.63) is 107 Å². The fourth-order valence-electron chi connectivity index (χ4n) is 3.52. The number of hydrogen-bond acceptors (Lipinski definition) is 6. The molecule has 2 amide bonds. The van der Waals surface area contributed by atoms with Gasteiger partial charge in [0, 0.05) is 49.5 Å². The lowest BCUT2D eigenvalue weighted by atomic mass is 10.2. The summed E-state index contributed by atoms with van der Waals surface area (Å²) in [5.41, 5.74) is 4.33. The van der Waals surface area contributed by atoms with Gasteiger partial charge in [0.05, 0.1) is 0 Å². The van der Waals surface area contributed by atoms with E-state index in [1.807, 2.05) is 73.7 Å². The third kappa shape index (κ3) is 7.22. The molecule has 2 aromatic heterocycles. The average Bonchev–Trinajstić information content (AvgIpc) is 3.34. The molecule has 0 aliphatic rings. The number of thiazole rings is 1. The summed E-state index contributed by atoms with van der Waals surface area (Å²) in [5, 5.41) is 8.55. The summed E-state index contributed by atoms with van der Waals surface area (Å²) in [6.45, 7) is 3.11. The van der Waals surface area contributed by atoms with Gasteiger partial charge in [-0.25, -0.2) is 4.98 Å². The number of benzene rings is 2. The lowest BCUT2D eigenvalue weighted by Crippen LogP contribution is -2.35. The van der Waals surface area contributed by atoms with Gasteiger partial charge < -0.3 is 15.5 Å². The molecule has 0 atom stereocenters. The topological polar surface area (TPSA) is 87.2 Å². The van der Waals surface area contributed by atoms with Crippen LogP contribution in [0.1, 0.15) is 33.6 Å². The molecule has 4 aromatic rings. The molecule has 0 radical (unpaired) electrons. The van der Waals surface area contributed by atoms with Crippen LogP contribution in [0.4, 0.5) is 10.8 Å². The monoisotopic (exact) mass is 485 g/mol. The summed E-state index contributed by atoms with van der Waals surface area (Å²) >= 11 is 1.38. The molecule has 7 nitrogen and oxygen atoms in total. The number of carbonyl (C=O) groups is 2. The molecule has 8 heteroatoms. The van der Waals surface area contributed by atoms with E-state index in [1.54, 1.807) is 22.7 Å². The number of hydrogen-bond donors (Lipinski definition) is 2. The molecule has 0 aliphatic heterocycles. The molecule has 0 spiro atoms. The van der Waals surface area contributed by atoms with Crippen LogP contribution in [0.3, 0.4) is 0 Å². The van der Waals surface area contributed by atoms with Gasteiger partial charge in [0.25, 0.3) is 5.91 Å². The largest absolute Gasteiger partial charge is 0.352 e. The third-order valence-electron chi connectivity index (χ3n) is 5.32. The Morgan fingerprint density at radius 2 is 1.83 bits per heavy atom. The molecular weight excluding hydrogens is 458 g/mol. The summed E-state index contributed by atoms with van der Waals surface area (Å²) in [5.74, 6) is -0.331. The summed E-state index contributed by atoms with van der Waals surface area (Å²) in [6, 6.07) is 21.5. The van der Waals surface area contributed by atoms with Gasteiger partial charge >= 0.3 is 0 Å². The molecule has 0 aliphatic carbocycles. The van der Waals surface area contributed by atoms with Crippen molar-refractivity contribution in [3.63, 3.8) is 0 Å². The smallest absolute Gasteiger partial charge is 0.273 e. The van der Waals surface area contributed by atoms with Crippen LogP contribution in [-0.2, 0) is 17.9 Å². The Morgan fingerprint density at radius 3 is 2.60 bits per heavy atom. The van der Waals surface area contributed by atoms with E-state index in [0.29, 0.717) is 23.9 Å². The zero-order valence-electron chi connectivity index (χ0n) is 19.5.